The van der Waals surface area contributed by atoms with E-state index in [9.17, 15) is 9.90 Å². The van der Waals surface area contributed by atoms with Crippen molar-refractivity contribution in [3.05, 3.63) is 0 Å². The van der Waals surface area contributed by atoms with Crippen LogP contribution < -0.4 is 0 Å². The molecule has 0 amide bonds. The highest BCUT2D eigenvalue weighted by Gasteiger charge is 2.57. The number of rotatable bonds is 3. The third-order valence-corrected chi connectivity index (χ3v) is 6.40. The molecule has 17 heavy (non-hydrogen) atoms. The first-order chi connectivity index (χ1) is 8.14. The van der Waals surface area contributed by atoms with Crippen LogP contribution in [0.5, 0.6) is 0 Å². The molecule has 0 aliphatic heterocycles. The number of aliphatic hydroxyl groups is 1. The number of hydrogen-bond acceptors (Lipinski definition) is 3. The van der Waals surface area contributed by atoms with Gasteiger partial charge in [-0.2, -0.15) is 0 Å². The van der Waals surface area contributed by atoms with Gasteiger partial charge in [-0.15, -0.1) is 0 Å². The first-order valence-corrected chi connectivity index (χ1v) is 7.98. The Morgan fingerprint density at radius 2 is 1.94 bits per heavy atom. The Labute approximate surface area is 108 Å². The lowest BCUT2D eigenvalue weighted by Crippen LogP contribution is -2.55. The molecular formula is C14H22O2S. The lowest BCUT2D eigenvalue weighted by Gasteiger charge is -2.57. The monoisotopic (exact) mass is 254 g/mol. The van der Waals surface area contributed by atoms with Gasteiger partial charge in [0.2, 0.25) is 0 Å². The molecule has 0 radical (unpaired) electrons. The fourth-order valence-electron chi connectivity index (χ4n) is 4.60. The maximum atomic E-state index is 12.4. The van der Waals surface area contributed by atoms with Crippen LogP contribution in [-0.4, -0.2) is 22.1 Å². The van der Waals surface area contributed by atoms with E-state index >= 15 is 0 Å². The Balaban J connectivity index is 1.78. The second-order valence-electron chi connectivity index (χ2n) is 6.38. The van der Waals surface area contributed by atoms with Crippen LogP contribution >= 0.6 is 11.8 Å². The second kappa shape index (κ2) is 4.27. The van der Waals surface area contributed by atoms with Gasteiger partial charge in [-0.05, 0) is 56.3 Å². The Morgan fingerprint density at radius 1 is 1.29 bits per heavy atom. The molecule has 2 unspecified atom stereocenters. The zero-order chi connectivity index (χ0) is 12.0. The molecule has 0 heterocycles. The molecule has 1 N–H and O–H groups in total. The first-order valence-electron chi connectivity index (χ1n) is 7.00. The zero-order valence-electron chi connectivity index (χ0n) is 10.5. The summed E-state index contributed by atoms with van der Waals surface area (Å²) in [5.74, 6) is 2.53. The van der Waals surface area contributed by atoms with E-state index in [1.54, 1.807) is 11.8 Å². The van der Waals surface area contributed by atoms with Gasteiger partial charge in [0.05, 0.1) is 6.10 Å². The molecule has 0 aromatic rings. The van der Waals surface area contributed by atoms with Crippen LogP contribution in [0.25, 0.3) is 0 Å². The summed E-state index contributed by atoms with van der Waals surface area (Å²) in [6.07, 6.45) is 6.36. The molecule has 4 bridgehead atoms. The summed E-state index contributed by atoms with van der Waals surface area (Å²) in [5.41, 5.74) is -0.0461. The molecule has 4 rings (SSSR count). The SMILES string of the molecule is CCCSC(=O)C12CC3CC(C1)C(O)C(C3)C2. The van der Waals surface area contributed by atoms with E-state index in [1.807, 2.05) is 0 Å². The van der Waals surface area contributed by atoms with Crippen molar-refractivity contribution in [1.82, 2.24) is 0 Å². The summed E-state index contributed by atoms with van der Waals surface area (Å²) in [7, 11) is 0. The molecule has 0 spiro atoms. The summed E-state index contributed by atoms with van der Waals surface area (Å²) in [6, 6.07) is 0. The molecule has 4 saturated carbocycles. The smallest absolute Gasteiger partial charge is 0.195 e. The summed E-state index contributed by atoms with van der Waals surface area (Å²) >= 11 is 1.55. The van der Waals surface area contributed by atoms with E-state index in [2.05, 4.69) is 6.92 Å². The van der Waals surface area contributed by atoms with E-state index in [1.165, 1.54) is 12.8 Å². The fraction of sp³-hybridized carbons (Fsp3) is 0.929. The maximum Gasteiger partial charge on any atom is 0.195 e. The summed E-state index contributed by atoms with van der Waals surface area (Å²) in [4.78, 5) is 12.4. The van der Waals surface area contributed by atoms with E-state index in [0.717, 1.165) is 37.4 Å². The minimum atomic E-state index is -0.108. The molecule has 2 nitrogen and oxygen atoms in total. The van der Waals surface area contributed by atoms with Crippen molar-refractivity contribution in [2.45, 2.75) is 51.6 Å². The number of aliphatic hydroxyl groups excluding tert-OH is 1. The predicted molar refractivity (Wildman–Crippen MR) is 69.8 cm³/mol. The van der Waals surface area contributed by atoms with Gasteiger partial charge in [0.15, 0.2) is 5.12 Å². The molecule has 2 atom stereocenters. The van der Waals surface area contributed by atoms with Crippen LogP contribution in [0, 0.1) is 23.2 Å². The number of carbonyl (C=O) groups is 1. The van der Waals surface area contributed by atoms with Crippen molar-refractivity contribution in [2.75, 3.05) is 5.75 Å². The average Bonchev–Trinajstić information content (AvgIpc) is 2.31. The van der Waals surface area contributed by atoms with Crippen molar-refractivity contribution in [3.63, 3.8) is 0 Å². The molecular weight excluding hydrogens is 232 g/mol. The molecule has 0 saturated heterocycles. The van der Waals surface area contributed by atoms with Crippen molar-refractivity contribution in [2.24, 2.45) is 23.2 Å². The summed E-state index contributed by atoms with van der Waals surface area (Å²) in [5, 5.41) is 10.6. The molecule has 4 fully saturated rings. The van der Waals surface area contributed by atoms with Crippen LogP contribution in [0.4, 0.5) is 0 Å². The van der Waals surface area contributed by atoms with Crippen LogP contribution in [0.1, 0.15) is 45.4 Å². The van der Waals surface area contributed by atoms with Crippen LogP contribution in [0.15, 0.2) is 0 Å². The van der Waals surface area contributed by atoms with Gasteiger partial charge < -0.3 is 5.11 Å². The lowest BCUT2D eigenvalue weighted by molar-refractivity contribution is -0.153. The average molecular weight is 254 g/mol. The quantitative estimate of drug-likeness (QED) is 0.841. The van der Waals surface area contributed by atoms with Crippen molar-refractivity contribution >= 4 is 16.9 Å². The Bertz CT molecular complexity index is 312. The van der Waals surface area contributed by atoms with Gasteiger partial charge >= 0.3 is 0 Å². The molecule has 96 valence electrons. The van der Waals surface area contributed by atoms with Gasteiger partial charge in [-0.25, -0.2) is 0 Å². The maximum absolute atomic E-state index is 12.4. The van der Waals surface area contributed by atoms with Crippen LogP contribution in [-0.2, 0) is 4.79 Å². The number of hydrogen-bond donors (Lipinski definition) is 1. The van der Waals surface area contributed by atoms with Crippen molar-refractivity contribution < 1.29 is 9.90 Å². The molecule has 0 aromatic heterocycles. The van der Waals surface area contributed by atoms with E-state index in [0.29, 0.717) is 17.0 Å². The first kappa shape index (κ1) is 12.0. The Hall–Kier alpha value is -0.0200. The summed E-state index contributed by atoms with van der Waals surface area (Å²) < 4.78 is 0. The minimum Gasteiger partial charge on any atom is -0.393 e. The largest absolute Gasteiger partial charge is 0.393 e. The second-order valence-corrected chi connectivity index (χ2v) is 7.44. The number of thioether (sulfide) groups is 1. The normalized spacial score (nSPS) is 47.4. The minimum absolute atomic E-state index is 0.0461. The summed E-state index contributed by atoms with van der Waals surface area (Å²) in [6.45, 7) is 2.13. The van der Waals surface area contributed by atoms with Crippen LogP contribution in [0.2, 0.25) is 0 Å². The number of carbonyl (C=O) groups excluding carboxylic acids is 1. The highest BCUT2D eigenvalue weighted by molar-refractivity contribution is 8.13. The fourth-order valence-corrected chi connectivity index (χ4v) is 5.54. The highest BCUT2D eigenvalue weighted by atomic mass is 32.2. The van der Waals surface area contributed by atoms with Crippen LogP contribution in [0.3, 0.4) is 0 Å². The molecule has 0 aromatic carbocycles. The molecule has 4 aliphatic carbocycles. The topological polar surface area (TPSA) is 37.3 Å². The predicted octanol–water partition coefficient (Wildman–Crippen LogP) is 2.84. The Kier molecular flexibility index (Phi) is 3.02. The van der Waals surface area contributed by atoms with E-state index in [-0.39, 0.29) is 11.5 Å². The highest BCUT2D eigenvalue weighted by Crippen LogP contribution is 2.61. The van der Waals surface area contributed by atoms with E-state index in [4.69, 9.17) is 0 Å². The van der Waals surface area contributed by atoms with E-state index < -0.39 is 0 Å². The van der Waals surface area contributed by atoms with Gasteiger partial charge in [0, 0.05) is 11.2 Å². The standard InChI is InChI=1S/C14H22O2S/c1-2-3-17-13(16)14-6-9-4-10(7-14)12(15)11(5-9)8-14/h9-12,15H,2-8H2,1H3. The van der Waals surface area contributed by atoms with Crippen molar-refractivity contribution in [1.29, 1.82) is 0 Å². The molecule has 3 heteroatoms. The van der Waals surface area contributed by atoms with Gasteiger partial charge in [0.25, 0.3) is 0 Å². The van der Waals surface area contributed by atoms with Crippen molar-refractivity contribution in [3.8, 4) is 0 Å². The lowest BCUT2D eigenvalue weighted by atomic mass is 9.49. The van der Waals surface area contributed by atoms with Gasteiger partial charge in [-0.3, -0.25) is 4.79 Å². The van der Waals surface area contributed by atoms with Gasteiger partial charge in [0.1, 0.15) is 0 Å². The Morgan fingerprint density at radius 3 is 2.53 bits per heavy atom. The third-order valence-electron chi connectivity index (χ3n) is 5.09. The third kappa shape index (κ3) is 1.86. The van der Waals surface area contributed by atoms with Gasteiger partial charge in [-0.1, -0.05) is 18.7 Å². The zero-order valence-corrected chi connectivity index (χ0v) is 11.3. The molecule has 4 aliphatic rings.